The van der Waals surface area contributed by atoms with E-state index >= 15 is 0 Å². The number of piperidine rings is 1. The smallest absolute Gasteiger partial charge is 0.407 e. The van der Waals surface area contributed by atoms with Gasteiger partial charge in [0.05, 0.1) is 0 Å². The minimum absolute atomic E-state index is 0.0902. The molecule has 1 fully saturated rings. The molecule has 0 saturated carbocycles. The van der Waals surface area contributed by atoms with Crippen molar-refractivity contribution in [2.45, 2.75) is 25.2 Å². The molecular weight excluding hydrogens is 286 g/mol. The Morgan fingerprint density at radius 3 is 1.78 bits per heavy atom. The van der Waals surface area contributed by atoms with E-state index in [0.29, 0.717) is 19.0 Å². The fourth-order valence-corrected chi connectivity index (χ4v) is 3.85. The third-order valence-corrected chi connectivity index (χ3v) is 5.33. The van der Waals surface area contributed by atoms with Gasteiger partial charge in [0.25, 0.3) is 0 Å². The number of carboxylic acid groups (broad SMARTS) is 1. The standard InChI is InChI=1S/C20H23NO2/c1-20(16-8-4-2-5-9-16,17-10-6-3-7-11-17)18-12-14-21(15-13-18)19(22)23/h2-11,18H,12-15H2,1H3,(H,22,23). The Bertz CT molecular complexity index is 606. The van der Waals surface area contributed by atoms with E-state index in [0.717, 1.165) is 12.8 Å². The third-order valence-electron chi connectivity index (χ3n) is 5.33. The maximum absolute atomic E-state index is 11.2. The van der Waals surface area contributed by atoms with Crippen LogP contribution in [0.4, 0.5) is 4.79 Å². The highest BCUT2D eigenvalue weighted by atomic mass is 16.4. The Morgan fingerprint density at radius 1 is 0.957 bits per heavy atom. The van der Waals surface area contributed by atoms with Gasteiger partial charge in [-0.15, -0.1) is 0 Å². The van der Waals surface area contributed by atoms with E-state index in [1.807, 2.05) is 12.1 Å². The number of nitrogens with zero attached hydrogens (tertiary/aromatic N) is 1. The van der Waals surface area contributed by atoms with E-state index in [4.69, 9.17) is 0 Å². The number of benzene rings is 2. The van der Waals surface area contributed by atoms with Gasteiger partial charge in [-0.25, -0.2) is 4.79 Å². The maximum atomic E-state index is 11.2. The van der Waals surface area contributed by atoms with E-state index in [-0.39, 0.29) is 5.41 Å². The predicted molar refractivity (Wildman–Crippen MR) is 91.7 cm³/mol. The van der Waals surface area contributed by atoms with E-state index < -0.39 is 6.09 Å². The van der Waals surface area contributed by atoms with E-state index in [9.17, 15) is 9.90 Å². The first-order valence-corrected chi connectivity index (χ1v) is 8.21. The van der Waals surface area contributed by atoms with Gasteiger partial charge in [0.2, 0.25) is 0 Å². The van der Waals surface area contributed by atoms with Crippen LogP contribution < -0.4 is 0 Å². The summed E-state index contributed by atoms with van der Waals surface area (Å²) in [4.78, 5) is 12.7. The summed E-state index contributed by atoms with van der Waals surface area (Å²) in [5.41, 5.74) is 2.52. The summed E-state index contributed by atoms with van der Waals surface area (Å²) >= 11 is 0. The van der Waals surface area contributed by atoms with Gasteiger partial charge in [-0.1, -0.05) is 67.6 Å². The fraction of sp³-hybridized carbons (Fsp3) is 0.350. The van der Waals surface area contributed by atoms with Gasteiger partial charge in [0, 0.05) is 18.5 Å². The first-order chi connectivity index (χ1) is 11.1. The van der Waals surface area contributed by atoms with E-state index in [1.54, 1.807) is 0 Å². The van der Waals surface area contributed by atoms with Crippen molar-refractivity contribution < 1.29 is 9.90 Å². The van der Waals surface area contributed by atoms with Crippen LogP contribution in [0.1, 0.15) is 30.9 Å². The summed E-state index contributed by atoms with van der Waals surface area (Å²) in [6.07, 6.45) is 0.990. The molecule has 3 rings (SSSR count). The lowest BCUT2D eigenvalue weighted by Crippen LogP contribution is -2.44. The van der Waals surface area contributed by atoms with Crippen LogP contribution in [0.3, 0.4) is 0 Å². The van der Waals surface area contributed by atoms with Crippen LogP contribution in [0.25, 0.3) is 0 Å². The molecular formula is C20H23NO2. The second-order valence-electron chi connectivity index (χ2n) is 6.48. The molecule has 1 aliphatic heterocycles. The van der Waals surface area contributed by atoms with Gasteiger partial charge in [-0.3, -0.25) is 0 Å². The van der Waals surface area contributed by atoms with Crippen LogP contribution in [-0.2, 0) is 5.41 Å². The molecule has 3 nitrogen and oxygen atoms in total. The molecule has 1 N–H and O–H groups in total. The van der Waals surface area contributed by atoms with Gasteiger partial charge in [-0.2, -0.15) is 0 Å². The Morgan fingerprint density at radius 2 is 1.39 bits per heavy atom. The normalized spacial score (nSPS) is 16.3. The first-order valence-electron chi connectivity index (χ1n) is 8.21. The quantitative estimate of drug-likeness (QED) is 0.914. The number of carbonyl (C=O) groups is 1. The van der Waals surface area contributed by atoms with Crippen molar-refractivity contribution in [3.8, 4) is 0 Å². The minimum Gasteiger partial charge on any atom is -0.465 e. The topological polar surface area (TPSA) is 40.5 Å². The van der Waals surface area contributed by atoms with E-state index in [2.05, 4.69) is 55.5 Å². The zero-order valence-corrected chi connectivity index (χ0v) is 13.5. The van der Waals surface area contributed by atoms with Crippen molar-refractivity contribution in [2.75, 3.05) is 13.1 Å². The molecule has 0 spiro atoms. The maximum Gasteiger partial charge on any atom is 0.407 e. The minimum atomic E-state index is -0.801. The Labute approximate surface area is 137 Å². The van der Waals surface area contributed by atoms with Crippen LogP contribution in [-0.4, -0.2) is 29.2 Å². The molecule has 1 amide bonds. The highest BCUT2D eigenvalue weighted by Crippen LogP contribution is 2.43. The molecule has 1 saturated heterocycles. The van der Waals surface area contributed by atoms with Crippen molar-refractivity contribution in [1.29, 1.82) is 0 Å². The molecule has 0 radical (unpaired) electrons. The van der Waals surface area contributed by atoms with Crippen LogP contribution in [0, 0.1) is 5.92 Å². The molecule has 2 aromatic carbocycles. The van der Waals surface area contributed by atoms with Gasteiger partial charge in [0.15, 0.2) is 0 Å². The summed E-state index contributed by atoms with van der Waals surface area (Å²) in [5.74, 6) is 0.433. The number of likely N-dealkylation sites (tertiary alicyclic amines) is 1. The van der Waals surface area contributed by atoms with E-state index in [1.165, 1.54) is 16.0 Å². The van der Waals surface area contributed by atoms with Crippen molar-refractivity contribution in [2.24, 2.45) is 5.92 Å². The summed E-state index contributed by atoms with van der Waals surface area (Å²) in [5, 5.41) is 9.19. The van der Waals surface area contributed by atoms with Gasteiger partial charge in [-0.05, 0) is 29.9 Å². The van der Waals surface area contributed by atoms with Crippen molar-refractivity contribution in [3.05, 3.63) is 71.8 Å². The zero-order chi connectivity index (χ0) is 16.3. The van der Waals surface area contributed by atoms with Crippen LogP contribution in [0.2, 0.25) is 0 Å². The van der Waals surface area contributed by atoms with Crippen LogP contribution in [0.5, 0.6) is 0 Å². The molecule has 0 atom stereocenters. The average molecular weight is 309 g/mol. The number of amides is 1. The van der Waals surface area contributed by atoms with Crippen molar-refractivity contribution in [1.82, 2.24) is 4.90 Å². The van der Waals surface area contributed by atoms with Gasteiger partial charge in [0.1, 0.15) is 0 Å². The molecule has 0 bridgehead atoms. The van der Waals surface area contributed by atoms with Crippen molar-refractivity contribution in [3.63, 3.8) is 0 Å². The summed E-state index contributed by atoms with van der Waals surface area (Å²) in [6.45, 7) is 3.54. The monoisotopic (exact) mass is 309 g/mol. The molecule has 0 unspecified atom stereocenters. The number of hydrogen-bond donors (Lipinski definition) is 1. The molecule has 0 aromatic heterocycles. The lowest BCUT2D eigenvalue weighted by Gasteiger charge is -2.43. The Balaban J connectivity index is 1.96. The van der Waals surface area contributed by atoms with Crippen molar-refractivity contribution >= 4 is 6.09 Å². The highest BCUT2D eigenvalue weighted by molar-refractivity contribution is 5.65. The first kappa shape index (κ1) is 15.6. The molecule has 1 heterocycles. The second kappa shape index (κ2) is 6.45. The highest BCUT2D eigenvalue weighted by Gasteiger charge is 2.39. The molecule has 120 valence electrons. The van der Waals surface area contributed by atoms with Gasteiger partial charge >= 0.3 is 6.09 Å². The molecule has 23 heavy (non-hydrogen) atoms. The molecule has 1 aliphatic rings. The molecule has 3 heteroatoms. The Hall–Kier alpha value is -2.29. The number of hydrogen-bond acceptors (Lipinski definition) is 1. The Kier molecular flexibility index (Phi) is 4.37. The third kappa shape index (κ3) is 2.96. The molecule has 2 aromatic rings. The second-order valence-corrected chi connectivity index (χ2v) is 6.48. The zero-order valence-electron chi connectivity index (χ0n) is 13.5. The lowest BCUT2D eigenvalue weighted by molar-refractivity contribution is 0.113. The SMILES string of the molecule is CC(c1ccccc1)(c1ccccc1)C1CCN(C(=O)O)CC1. The van der Waals surface area contributed by atoms with Gasteiger partial charge < -0.3 is 10.0 Å². The number of rotatable bonds is 3. The molecule has 0 aliphatic carbocycles. The summed E-state index contributed by atoms with van der Waals surface area (Å²) in [6, 6.07) is 21.2. The summed E-state index contributed by atoms with van der Waals surface area (Å²) < 4.78 is 0. The average Bonchev–Trinajstić information content (AvgIpc) is 2.62. The van der Waals surface area contributed by atoms with Crippen LogP contribution >= 0.6 is 0 Å². The fourth-order valence-electron chi connectivity index (χ4n) is 3.85. The summed E-state index contributed by atoms with van der Waals surface area (Å²) in [7, 11) is 0. The predicted octanol–water partition coefficient (Wildman–Crippen LogP) is 4.38. The largest absolute Gasteiger partial charge is 0.465 e. The van der Waals surface area contributed by atoms with Crippen LogP contribution in [0.15, 0.2) is 60.7 Å². The lowest BCUT2D eigenvalue weighted by atomic mass is 9.64.